The maximum absolute atomic E-state index is 13.3. The largest absolute Gasteiger partial charge is 0.507 e. The molecule has 1 unspecified atom stereocenters. The van der Waals surface area contributed by atoms with E-state index >= 15 is 0 Å². The Labute approximate surface area is 205 Å². The first-order valence-electron chi connectivity index (χ1n) is 11.8. The monoisotopic (exact) mass is 470 g/mol. The standard InChI is InChI=1S/C29H30N2O4/c1-5-13-35-24-11-10-21(15-20(24)4)27(32)25-26(22-7-6-12-30-16-22)31(29(34)28(25)33)17-23-14-18(2)8-9-19(23)3/h6-12,14-16,26,32H,5,13,17H2,1-4H3/b27-25-. The van der Waals surface area contributed by atoms with Crippen LogP contribution >= 0.6 is 0 Å². The number of carbonyl (C=O) groups is 2. The van der Waals surface area contributed by atoms with Crippen molar-refractivity contribution in [2.75, 3.05) is 6.61 Å². The molecule has 1 aliphatic heterocycles. The van der Waals surface area contributed by atoms with E-state index in [1.807, 2.05) is 52.0 Å². The number of likely N-dealkylation sites (tertiary alicyclic amines) is 1. The molecular weight excluding hydrogens is 440 g/mol. The van der Waals surface area contributed by atoms with E-state index in [1.54, 1.807) is 36.7 Å². The van der Waals surface area contributed by atoms with E-state index in [-0.39, 0.29) is 17.9 Å². The van der Waals surface area contributed by atoms with Crippen LogP contribution in [0.25, 0.3) is 5.76 Å². The number of rotatable bonds is 7. The number of benzene rings is 2. The molecule has 1 aliphatic rings. The maximum Gasteiger partial charge on any atom is 0.295 e. The minimum Gasteiger partial charge on any atom is -0.507 e. The highest BCUT2D eigenvalue weighted by Crippen LogP contribution is 2.40. The SMILES string of the molecule is CCCOc1ccc(/C(O)=C2/C(=O)C(=O)N(Cc3cc(C)ccc3C)C2c2cccnc2)cc1C. The molecule has 0 radical (unpaired) electrons. The Morgan fingerprint density at radius 2 is 1.86 bits per heavy atom. The zero-order chi connectivity index (χ0) is 25.1. The predicted molar refractivity (Wildman–Crippen MR) is 135 cm³/mol. The molecule has 2 aromatic carbocycles. The van der Waals surface area contributed by atoms with Gasteiger partial charge in [0.25, 0.3) is 11.7 Å². The number of amides is 1. The summed E-state index contributed by atoms with van der Waals surface area (Å²) in [5.74, 6) is -0.819. The Bertz CT molecular complexity index is 1300. The van der Waals surface area contributed by atoms with Gasteiger partial charge in [-0.15, -0.1) is 0 Å². The summed E-state index contributed by atoms with van der Waals surface area (Å²) < 4.78 is 5.74. The van der Waals surface area contributed by atoms with Gasteiger partial charge in [0.15, 0.2) is 0 Å². The lowest BCUT2D eigenvalue weighted by molar-refractivity contribution is -0.140. The Balaban J connectivity index is 1.81. The van der Waals surface area contributed by atoms with E-state index in [1.165, 1.54) is 4.90 Å². The first-order chi connectivity index (χ1) is 16.8. The predicted octanol–water partition coefficient (Wildman–Crippen LogP) is 5.42. The molecule has 1 amide bonds. The summed E-state index contributed by atoms with van der Waals surface area (Å²) in [6.07, 6.45) is 4.15. The second-order valence-corrected chi connectivity index (χ2v) is 8.97. The molecule has 1 atom stereocenters. The molecule has 0 saturated carbocycles. The van der Waals surface area contributed by atoms with Crippen molar-refractivity contribution in [3.63, 3.8) is 0 Å². The first-order valence-corrected chi connectivity index (χ1v) is 11.8. The van der Waals surface area contributed by atoms with Gasteiger partial charge in [-0.05, 0) is 73.7 Å². The van der Waals surface area contributed by atoms with E-state index in [0.717, 1.165) is 34.4 Å². The lowest BCUT2D eigenvalue weighted by Gasteiger charge is -2.26. The highest BCUT2D eigenvalue weighted by molar-refractivity contribution is 6.46. The van der Waals surface area contributed by atoms with E-state index in [0.29, 0.717) is 17.7 Å². The summed E-state index contributed by atoms with van der Waals surface area (Å²) in [4.78, 5) is 32.3. The molecule has 6 heteroatoms. The fourth-order valence-electron chi connectivity index (χ4n) is 4.41. The van der Waals surface area contributed by atoms with Gasteiger partial charge < -0.3 is 14.7 Å². The average molecular weight is 471 g/mol. The summed E-state index contributed by atoms with van der Waals surface area (Å²) in [6.45, 7) is 8.74. The van der Waals surface area contributed by atoms with Crippen molar-refractivity contribution in [3.05, 3.63) is 99.9 Å². The smallest absolute Gasteiger partial charge is 0.295 e. The molecule has 0 bridgehead atoms. The number of aryl methyl sites for hydroxylation is 3. The third kappa shape index (κ3) is 4.83. The molecule has 180 valence electrons. The van der Waals surface area contributed by atoms with Gasteiger partial charge in [0.2, 0.25) is 0 Å². The number of hydrogen-bond acceptors (Lipinski definition) is 5. The van der Waals surface area contributed by atoms with Gasteiger partial charge in [0.1, 0.15) is 11.5 Å². The molecule has 6 nitrogen and oxygen atoms in total. The molecule has 35 heavy (non-hydrogen) atoms. The molecule has 1 fully saturated rings. The fraction of sp³-hybridized carbons (Fsp3) is 0.276. The third-order valence-electron chi connectivity index (χ3n) is 6.30. The van der Waals surface area contributed by atoms with Crippen molar-refractivity contribution in [1.82, 2.24) is 9.88 Å². The molecule has 1 N–H and O–H groups in total. The number of aliphatic hydroxyl groups excluding tert-OH is 1. The van der Waals surface area contributed by atoms with Gasteiger partial charge in [-0.2, -0.15) is 0 Å². The highest BCUT2D eigenvalue weighted by atomic mass is 16.5. The third-order valence-corrected chi connectivity index (χ3v) is 6.30. The van der Waals surface area contributed by atoms with E-state index in [2.05, 4.69) is 4.98 Å². The van der Waals surface area contributed by atoms with Crippen molar-refractivity contribution >= 4 is 17.4 Å². The molecule has 4 rings (SSSR count). The molecule has 2 heterocycles. The van der Waals surface area contributed by atoms with Crippen molar-refractivity contribution in [2.24, 2.45) is 0 Å². The Kier molecular flexibility index (Phi) is 7.01. The van der Waals surface area contributed by atoms with Crippen molar-refractivity contribution in [3.8, 4) is 5.75 Å². The quantitative estimate of drug-likeness (QED) is 0.283. The number of hydrogen-bond donors (Lipinski definition) is 1. The lowest BCUT2D eigenvalue weighted by atomic mass is 9.95. The summed E-state index contributed by atoms with van der Waals surface area (Å²) >= 11 is 0. The first kappa shape index (κ1) is 24.2. The topological polar surface area (TPSA) is 79.7 Å². The highest BCUT2D eigenvalue weighted by Gasteiger charge is 2.46. The zero-order valence-electron chi connectivity index (χ0n) is 20.5. The number of aromatic nitrogens is 1. The summed E-state index contributed by atoms with van der Waals surface area (Å²) in [5, 5.41) is 11.3. The van der Waals surface area contributed by atoms with Crippen LogP contribution in [0.3, 0.4) is 0 Å². The average Bonchev–Trinajstić information content (AvgIpc) is 3.10. The molecular formula is C29H30N2O4. The van der Waals surface area contributed by atoms with Gasteiger partial charge in [-0.25, -0.2) is 0 Å². The maximum atomic E-state index is 13.3. The summed E-state index contributed by atoms with van der Waals surface area (Å²) in [5.41, 5.74) is 5.08. The van der Waals surface area contributed by atoms with Crippen LogP contribution in [0.15, 0.2) is 66.5 Å². The van der Waals surface area contributed by atoms with Crippen LogP contribution in [0.4, 0.5) is 0 Å². The van der Waals surface area contributed by atoms with E-state index in [9.17, 15) is 14.7 Å². The van der Waals surface area contributed by atoms with Gasteiger partial charge in [0, 0.05) is 24.5 Å². The number of Topliss-reactive ketones (excluding diaryl/α,β-unsaturated/α-hetero) is 1. The van der Waals surface area contributed by atoms with Gasteiger partial charge >= 0.3 is 0 Å². The van der Waals surface area contributed by atoms with Crippen LogP contribution in [0, 0.1) is 20.8 Å². The van der Waals surface area contributed by atoms with Crippen LogP contribution in [0.2, 0.25) is 0 Å². The van der Waals surface area contributed by atoms with E-state index < -0.39 is 17.7 Å². The molecule has 0 aliphatic carbocycles. The van der Waals surface area contributed by atoms with Crippen molar-refractivity contribution in [1.29, 1.82) is 0 Å². The van der Waals surface area contributed by atoms with Crippen LogP contribution in [0.5, 0.6) is 5.75 Å². The van der Waals surface area contributed by atoms with Gasteiger partial charge in [0.05, 0.1) is 18.2 Å². The normalized spacial score (nSPS) is 17.1. The van der Waals surface area contributed by atoms with Gasteiger partial charge in [-0.1, -0.05) is 36.8 Å². The van der Waals surface area contributed by atoms with E-state index in [4.69, 9.17) is 4.74 Å². The molecule has 3 aromatic rings. The number of ether oxygens (including phenoxy) is 1. The Morgan fingerprint density at radius 1 is 1.06 bits per heavy atom. The summed E-state index contributed by atoms with van der Waals surface area (Å²) in [6, 6.07) is 14.1. The molecule has 1 aromatic heterocycles. The molecule has 1 saturated heterocycles. The lowest BCUT2D eigenvalue weighted by Crippen LogP contribution is -2.29. The van der Waals surface area contributed by atoms with Crippen molar-refractivity contribution < 1.29 is 19.4 Å². The fourth-order valence-corrected chi connectivity index (χ4v) is 4.41. The Hall–Kier alpha value is -3.93. The number of ketones is 1. The van der Waals surface area contributed by atoms with Crippen LogP contribution in [0.1, 0.15) is 52.8 Å². The van der Waals surface area contributed by atoms with Crippen LogP contribution < -0.4 is 4.74 Å². The zero-order valence-corrected chi connectivity index (χ0v) is 20.5. The van der Waals surface area contributed by atoms with Gasteiger partial charge in [-0.3, -0.25) is 14.6 Å². The number of nitrogens with zero attached hydrogens (tertiary/aromatic N) is 2. The summed E-state index contributed by atoms with van der Waals surface area (Å²) in [7, 11) is 0. The van der Waals surface area contributed by atoms with Crippen LogP contribution in [-0.4, -0.2) is 33.3 Å². The minimum absolute atomic E-state index is 0.0648. The Morgan fingerprint density at radius 3 is 2.54 bits per heavy atom. The number of aliphatic hydroxyl groups is 1. The second-order valence-electron chi connectivity index (χ2n) is 8.97. The second kappa shape index (κ2) is 10.1. The minimum atomic E-state index is -0.750. The molecule has 0 spiro atoms. The van der Waals surface area contributed by atoms with Crippen LogP contribution in [-0.2, 0) is 16.1 Å². The van der Waals surface area contributed by atoms with Crippen molar-refractivity contribution in [2.45, 2.75) is 46.7 Å². The number of pyridine rings is 1. The number of carbonyl (C=O) groups excluding carboxylic acids is 2.